The molecule has 0 aromatic heterocycles. The van der Waals surface area contributed by atoms with Gasteiger partial charge < -0.3 is 10.5 Å². The van der Waals surface area contributed by atoms with E-state index in [0.717, 1.165) is 32.6 Å². The highest BCUT2D eigenvalue weighted by Crippen LogP contribution is 2.32. The molecule has 0 bridgehead atoms. The van der Waals surface area contributed by atoms with E-state index in [4.69, 9.17) is 10.5 Å². The molecule has 0 amide bonds. The van der Waals surface area contributed by atoms with Crippen molar-refractivity contribution < 1.29 is 4.74 Å². The van der Waals surface area contributed by atoms with Crippen LogP contribution in [0.5, 0.6) is 0 Å². The molecule has 4 heteroatoms. The fourth-order valence-corrected chi connectivity index (χ4v) is 3.74. The third kappa shape index (κ3) is 2.92. The Morgan fingerprint density at radius 2 is 2.19 bits per heavy atom. The summed E-state index contributed by atoms with van der Waals surface area (Å²) in [6.07, 6.45) is 2.28. The molecule has 2 fully saturated rings. The maximum absolute atomic E-state index is 6.01. The molecule has 2 saturated heterocycles. The number of rotatable bonds is 3. The van der Waals surface area contributed by atoms with E-state index in [0.29, 0.717) is 11.5 Å². The van der Waals surface area contributed by atoms with Crippen LogP contribution in [0.15, 0.2) is 0 Å². The highest BCUT2D eigenvalue weighted by Gasteiger charge is 2.34. The fraction of sp³-hybridized carbons (Fsp3) is 1.00. The van der Waals surface area contributed by atoms with Gasteiger partial charge in [0.15, 0.2) is 0 Å². The van der Waals surface area contributed by atoms with Gasteiger partial charge in [-0.15, -0.1) is 0 Å². The number of hydrogen-bond acceptors (Lipinski definition) is 4. The largest absolute Gasteiger partial charge is 0.381 e. The van der Waals surface area contributed by atoms with E-state index < -0.39 is 0 Å². The summed E-state index contributed by atoms with van der Waals surface area (Å²) in [5, 5.41) is 0. The Morgan fingerprint density at radius 1 is 1.44 bits per heavy atom. The molecule has 2 aliphatic heterocycles. The first-order valence-electron chi connectivity index (χ1n) is 6.35. The molecule has 2 rings (SSSR count). The summed E-state index contributed by atoms with van der Waals surface area (Å²) in [6, 6.07) is 0.713. The summed E-state index contributed by atoms with van der Waals surface area (Å²) >= 11 is 2.08. The molecule has 2 heterocycles. The van der Waals surface area contributed by atoms with Crippen LogP contribution in [0.1, 0.15) is 19.8 Å². The summed E-state index contributed by atoms with van der Waals surface area (Å²) in [5.41, 5.74) is 6.34. The highest BCUT2D eigenvalue weighted by molar-refractivity contribution is 7.99. The topological polar surface area (TPSA) is 38.5 Å². The van der Waals surface area contributed by atoms with Crippen molar-refractivity contribution in [3.05, 3.63) is 0 Å². The molecular formula is C12H24N2OS. The lowest BCUT2D eigenvalue weighted by molar-refractivity contribution is -0.00429. The average Bonchev–Trinajstić information content (AvgIpc) is 2.33. The molecule has 3 nitrogen and oxygen atoms in total. The molecule has 0 spiro atoms. The van der Waals surface area contributed by atoms with E-state index in [9.17, 15) is 0 Å². The lowest BCUT2D eigenvalue weighted by Crippen LogP contribution is -2.51. The standard InChI is InChI=1S/C12H24N2OS/c1-11-8-16-7-4-14(11)10-12(9-13)2-5-15-6-3-12/h11H,2-10,13H2,1H3. The average molecular weight is 244 g/mol. The monoisotopic (exact) mass is 244 g/mol. The first-order chi connectivity index (χ1) is 7.76. The van der Waals surface area contributed by atoms with Gasteiger partial charge in [-0.2, -0.15) is 11.8 Å². The Balaban J connectivity index is 1.93. The molecule has 0 radical (unpaired) electrons. The van der Waals surface area contributed by atoms with Gasteiger partial charge in [0.25, 0.3) is 0 Å². The minimum atomic E-state index is 0.328. The van der Waals surface area contributed by atoms with Gasteiger partial charge in [-0.1, -0.05) is 0 Å². The molecule has 2 aliphatic rings. The predicted molar refractivity (Wildman–Crippen MR) is 69.9 cm³/mol. The van der Waals surface area contributed by atoms with Crippen molar-refractivity contribution in [3.8, 4) is 0 Å². The SMILES string of the molecule is CC1CSCCN1CC1(CN)CCOCC1. The molecule has 16 heavy (non-hydrogen) atoms. The smallest absolute Gasteiger partial charge is 0.0472 e. The van der Waals surface area contributed by atoms with Crippen molar-refractivity contribution in [2.45, 2.75) is 25.8 Å². The van der Waals surface area contributed by atoms with Crippen molar-refractivity contribution in [1.29, 1.82) is 0 Å². The van der Waals surface area contributed by atoms with Crippen LogP contribution in [0.2, 0.25) is 0 Å². The van der Waals surface area contributed by atoms with Crippen LogP contribution in [0.3, 0.4) is 0 Å². The van der Waals surface area contributed by atoms with Crippen LogP contribution < -0.4 is 5.73 Å². The van der Waals surface area contributed by atoms with Gasteiger partial charge in [-0.3, -0.25) is 4.90 Å². The number of hydrogen-bond donors (Lipinski definition) is 1. The van der Waals surface area contributed by atoms with E-state index in [-0.39, 0.29) is 0 Å². The van der Waals surface area contributed by atoms with E-state index in [2.05, 4.69) is 23.6 Å². The minimum absolute atomic E-state index is 0.328. The number of ether oxygens (including phenoxy) is 1. The molecule has 1 unspecified atom stereocenters. The summed E-state index contributed by atoms with van der Waals surface area (Å²) in [5.74, 6) is 2.55. The zero-order valence-electron chi connectivity index (χ0n) is 10.3. The van der Waals surface area contributed by atoms with Crippen molar-refractivity contribution in [1.82, 2.24) is 4.90 Å². The lowest BCUT2D eigenvalue weighted by atomic mass is 9.79. The van der Waals surface area contributed by atoms with E-state index >= 15 is 0 Å². The van der Waals surface area contributed by atoms with Gasteiger partial charge >= 0.3 is 0 Å². The molecule has 2 N–H and O–H groups in total. The van der Waals surface area contributed by atoms with E-state index in [1.54, 1.807) is 0 Å². The predicted octanol–water partition coefficient (Wildman–Crippen LogP) is 1.18. The molecule has 0 aromatic carbocycles. The van der Waals surface area contributed by atoms with Crippen molar-refractivity contribution in [2.24, 2.45) is 11.1 Å². The van der Waals surface area contributed by atoms with Gasteiger partial charge in [0, 0.05) is 43.9 Å². The maximum atomic E-state index is 6.01. The molecule has 94 valence electrons. The maximum Gasteiger partial charge on any atom is 0.0472 e. The Bertz CT molecular complexity index is 219. The first-order valence-corrected chi connectivity index (χ1v) is 7.51. The Labute approximate surface area is 103 Å². The second kappa shape index (κ2) is 5.71. The van der Waals surface area contributed by atoms with Crippen LogP contribution in [-0.2, 0) is 4.74 Å². The van der Waals surface area contributed by atoms with Crippen LogP contribution in [-0.4, -0.2) is 55.3 Å². The van der Waals surface area contributed by atoms with Gasteiger partial charge in [0.05, 0.1) is 0 Å². The minimum Gasteiger partial charge on any atom is -0.381 e. The van der Waals surface area contributed by atoms with Crippen LogP contribution in [0.25, 0.3) is 0 Å². The summed E-state index contributed by atoms with van der Waals surface area (Å²) in [4.78, 5) is 2.63. The molecule has 1 atom stereocenters. The molecular weight excluding hydrogens is 220 g/mol. The Hall–Kier alpha value is 0.230. The molecule has 0 aromatic rings. The summed E-state index contributed by atoms with van der Waals surface area (Å²) < 4.78 is 5.46. The third-order valence-electron chi connectivity index (χ3n) is 4.03. The van der Waals surface area contributed by atoms with Crippen LogP contribution in [0.4, 0.5) is 0 Å². The summed E-state index contributed by atoms with van der Waals surface area (Å²) in [6.45, 7) is 7.35. The lowest BCUT2D eigenvalue weighted by Gasteiger charge is -2.43. The van der Waals surface area contributed by atoms with Gasteiger partial charge in [-0.05, 0) is 31.7 Å². The number of thioether (sulfide) groups is 1. The molecule has 0 aliphatic carbocycles. The number of nitrogens with two attached hydrogens (primary N) is 1. The number of nitrogens with zero attached hydrogens (tertiary/aromatic N) is 1. The van der Waals surface area contributed by atoms with Gasteiger partial charge in [-0.25, -0.2) is 0 Å². The zero-order valence-corrected chi connectivity index (χ0v) is 11.1. The van der Waals surface area contributed by atoms with Crippen LogP contribution in [0, 0.1) is 5.41 Å². The molecule has 0 saturated carbocycles. The van der Waals surface area contributed by atoms with Gasteiger partial charge in [0.1, 0.15) is 0 Å². The third-order valence-corrected chi connectivity index (χ3v) is 5.22. The Kier molecular flexibility index (Phi) is 4.53. The second-order valence-electron chi connectivity index (χ2n) is 5.21. The summed E-state index contributed by atoms with van der Waals surface area (Å²) in [7, 11) is 0. The first kappa shape index (κ1) is 12.7. The Morgan fingerprint density at radius 3 is 2.81 bits per heavy atom. The van der Waals surface area contributed by atoms with Crippen molar-refractivity contribution in [3.63, 3.8) is 0 Å². The zero-order chi connectivity index (χ0) is 11.4. The van der Waals surface area contributed by atoms with E-state index in [1.807, 2.05) is 0 Å². The van der Waals surface area contributed by atoms with Crippen molar-refractivity contribution in [2.75, 3.05) is 44.4 Å². The second-order valence-corrected chi connectivity index (χ2v) is 6.36. The fourth-order valence-electron chi connectivity index (χ4n) is 2.66. The van der Waals surface area contributed by atoms with E-state index in [1.165, 1.54) is 24.6 Å². The highest BCUT2D eigenvalue weighted by atomic mass is 32.2. The van der Waals surface area contributed by atoms with Crippen LogP contribution >= 0.6 is 11.8 Å². The van der Waals surface area contributed by atoms with Crippen molar-refractivity contribution >= 4 is 11.8 Å². The van der Waals surface area contributed by atoms with Gasteiger partial charge in [0.2, 0.25) is 0 Å². The quantitative estimate of drug-likeness (QED) is 0.809. The normalized spacial score (nSPS) is 31.5.